The minimum absolute atomic E-state index is 0.0482. The number of para-hydroxylation sites is 1. The van der Waals surface area contributed by atoms with Gasteiger partial charge in [0, 0.05) is 48.1 Å². The summed E-state index contributed by atoms with van der Waals surface area (Å²) in [5.41, 5.74) is 14.9. The van der Waals surface area contributed by atoms with E-state index in [4.69, 9.17) is 12.6 Å². The molecule has 0 spiro atoms. The van der Waals surface area contributed by atoms with Crippen molar-refractivity contribution in [1.82, 2.24) is 0 Å². The van der Waals surface area contributed by atoms with Crippen molar-refractivity contribution in [1.29, 1.82) is 0 Å². The number of fused-ring (bicyclic) bond motifs is 4. The SMILES string of the molecule is Cc1cccc(C)c1C1=C2C=CC(=[N+]3CCc4cc(S(=O)(=O)O)ccc43)C=C2[Si](C)(C)c2cc(N3CCc4ccccc43)ccc21.O=S(=O)=O. The molecule has 0 atom stereocenters. The highest BCUT2D eigenvalue weighted by Gasteiger charge is 2.42. The maximum atomic E-state index is 11.8. The van der Waals surface area contributed by atoms with Gasteiger partial charge in [0.25, 0.3) is 10.1 Å². The minimum atomic E-state index is -4.25. The van der Waals surface area contributed by atoms with Gasteiger partial charge in [-0.3, -0.25) is 4.55 Å². The fourth-order valence-corrected chi connectivity index (χ4v) is 11.7. The molecule has 4 aliphatic rings. The maximum absolute atomic E-state index is 11.8. The van der Waals surface area contributed by atoms with E-state index in [2.05, 4.69) is 115 Å². The van der Waals surface area contributed by atoms with Gasteiger partial charge in [-0.2, -0.15) is 13.0 Å². The molecule has 1 aliphatic carbocycles. The second-order valence-electron chi connectivity index (χ2n) is 13.6. The predicted octanol–water partition coefficient (Wildman–Crippen LogP) is 6.35. The highest BCUT2D eigenvalue weighted by Crippen LogP contribution is 2.45. The largest absolute Gasteiger partial charge is 0.425 e. The molecular formula is C39H37N2O6S2Si+. The zero-order valence-corrected chi connectivity index (χ0v) is 30.9. The van der Waals surface area contributed by atoms with Gasteiger partial charge in [-0.1, -0.05) is 55.6 Å². The van der Waals surface area contributed by atoms with Gasteiger partial charge in [-0.15, -0.1) is 12.6 Å². The highest BCUT2D eigenvalue weighted by atomic mass is 32.2. The Hall–Kier alpha value is -4.68. The normalized spacial score (nSPS) is 18.4. The molecule has 4 aromatic rings. The van der Waals surface area contributed by atoms with E-state index in [1.54, 1.807) is 6.07 Å². The van der Waals surface area contributed by atoms with Crippen molar-refractivity contribution in [3.63, 3.8) is 0 Å². The third-order valence-corrected chi connectivity index (χ3v) is 14.7. The van der Waals surface area contributed by atoms with Crippen LogP contribution in [0.3, 0.4) is 0 Å². The van der Waals surface area contributed by atoms with E-state index in [9.17, 15) is 13.0 Å². The molecule has 0 saturated carbocycles. The molecule has 8 rings (SSSR count). The number of hydrogen-bond acceptors (Lipinski definition) is 6. The van der Waals surface area contributed by atoms with E-state index in [1.165, 1.54) is 66.8 Å². The third-order valence-electron chi connectivity index (χ3n) is 10.4. The summed E-state index contributed by atoms with van der Waals surface area (Å²) in [6.45, 7) is 11.1. The molecule has 8 nitrogen and oxygen atoms in total. The van der Waals surface area contributed by atoms with E-state index >= 15 is 0 Å². The number of hydrogen-bond donors (Lipinski definition) is 1. The Kier molecular flexibility index (Phi) is 8.50. The lowest BCUT2D eigenvalue weighted by atomic mass is 9.85. The van der Waals surface area contributed by atoms with Crippen molar-refractivity contribution in [2.24, 2.45) is 0 Å². The zero-order valence-electron chi connectivity index (χ0n) is 28.3. The lowest BCUT2D eigenvalue weighted by Gasteiger charge is -2.39. The molecule has 0 unspecified atom stereocenters. The van der Waals surface area contributed by atoms with Gasteiger partial charge in [0.1, 0.15) is 8.07 Å². The van der Waals surface area contributed by atoms with Crippen LogP contribution >= 0.6 is 0 Å². The molecule has 4 aromatic carbocycles. The Morgan fingerprint density at radius 1 is 0.840 bits per heavy atom. The predicted molar refractivity (Wildman–Crippen MR) is 199 cm³/mol. The average molecular weight is 722 g/mol. The quantitative estimate of drug-likeness (QED) is 0.149. The van der Waals surface area contributed by atoms with Crippen LogP contribution in [0.1, 0.15) is 33.4 Å². The topological polar surface area (TPSA) is 112 Å². The maximum Gasteiger partial charge on any atom is 0.425 e. The van der Waals surface area contributed by atoms with E-state index in [0.29, 0.717) is 0 Å². The number of aryl methyl sites for hydroxylation is 2. The summed E-state index contributed by atoms with van der Waals surface area (Å²) in [5.74, 6) is 0. The van der Waals surface area contributed by atoms with Crippen LogP contribution in [0.4, 0.5) is 17.1 Å². The zero-order chi connectivity index (χ0) is 35.5. The summed E-state index contributed by atoms with van der Waals surface area (Å²) >= 11 is 0. The smallest absolute Gasteiger partial charge is 0.341 e. The molecule has 0 bridgehead atoms. The Labute approximate surface area is 295 Å². The Bertz CT molecular complexity index is 2450. The Balaban J connectivity index is 0.000000932. The Morgan fingerprint density at radius 2 is 1.56 bits per heavy atom. The van der Waals surface area contributed by atoms with Crippen LogP contribution < -0.4 is 10.1 Å². The van der Waals surface area contributed by atoms with Crippen molar-refractivity contribution in [2.45, 2.75) is 44.7 Å². The number of anilines is 2. The van der Waals surface area contributed by atoms with Crippen molar-refractivity contribution in [3.05, 3.63) is 141 Å². The van der Waals surface area contributed by atoms with Crippen molar-refractivity contribution in [3.8, 4) is 0 Å². The monoisotopic (exact) mass is 721 g/mol. The van der Waals surface area contributed by atoms with Crippen LogP contribution in [-0.4, -0.2) is 57.0 Å². The number of rotatable bonds is 3. The molecule has 50 heavy (non-hydrogen) atoms. The van der Waals surface area contributed by atoms with Gasteiger partial charge in [0.2, 0.25) is 11.4 Å². The average Bonchev–Trinajstić information content (AvgIpc) is 3.70. The highest BCUT2D eigenvalue weighted by molar-refractivity contribution is 7.85. The van der Waals surface area contributed by atoms with Gasteiger partial charge < -0.3 is 4.90 Å². The summed E-state index contributed by atoms with van der Waals surface area (Å²) < 4.78 is 60.9. The number of benzene rings is 4. The molecule has 0 aromatic heterocycles. The summed E-state index contributed by atoms with van der Waals surface area (Å²) in [6.07, 6.45) is 8.73. The minimum Gasteiger partial charge on any atom is -0.341 e. The van der Waals surface area contributed by atoms with Crippen LogP contribution in [0, 0.1) is 13.8 Å². The molecule has 0 radical (unpaired) electrons. The van der Waals surface area contributed by atoms with Gasteiger partial charge in [-0.25, -0.2) is 0 Å². The van der Waals surface area contributed by atoms with E-state index in [-0.39, 0.29) is 4.90 Å². The molecule has 3 heterocycles. The lowest BCUT2D eigenvalue weighted by molar-refractivity contribution is -0.427. The summed E-state index contributed by atoms with van der Waals surface area (Å²) in [6, 6.07) is 27.5. The standard InChI is InChI=1S/C39H36N2O3SSi.O3S/c1-25-8-7-9-26(2)38(25)39-32-15-12-29(40-20-18-27-10-5-6-11-34(27)40)23-36(32)46(3,4)37-24-30(13-16-33(37)39)41-21-19-28-22-31(45(42,43)44)14-17-35(28)41;1-4(2)3/h5-17,22-24H,18-21H2,1-4H3;/p+1. The summed E-state index contributed by atoms with van der Waals surface area (Å²) in [7, 11) is -9.57. The number of nitrogens with zero attached hydrogens (tertiary/aromatic N) is 2. The molecule has 254 valence electrons. The van der Waals surface area contributed by atoms with Crippen LogP contribution in [-0.2, 0) is 33.6 Å². The van der Waals surface area contributed by atoms with Crippen molar-refractivity contribution >= 4 is 62.3 Å². The van der Waals surface area contributed by atoms with E-state index < -0.39 is 28.8 Å². The van der Waals surface area contributed by atoms with Crippen molar-refractivity contribution < 1.29 is 30.2 Å². The second-order valence-corrected chi connectivity index (χ2v) is 19.8. The summed E-state index contributed by atoms with van der Waals surface area (Å²) in [4.78, 5) is 2.43. The summed E-state index contributed by atoms with van der Waals surface area (Å²) in [5, 5.41) is 2.87. The number of allylic oxidation sites excluding steroid dienone is 5. The van der Waals surface area contributed by atoms with Crippen LogP contribution in [0.15, 0.2) is 113 Å². The van der Waals surface area contributed by atoms with Crippen LogP contribution in [0.2, 0.25) is 13.1 Å². The molecule has 0 amide bonds. The molecule has 11 heteroatoms. The molecule has 0 fully saturated rings. The fourth-order valence-electron chi connectivity index (χ4n) is 8.05. The first kappa shape index (κ1) is 33.8. The van der Waals surface area contributed by atoms with Gasteiger partial charge in [0.05, 0.1) is 4.90 Å². The van der Waals surface area contributed by atoms with Gasteiger partial charge in [0.15, 0.2) is 6.54 Å². The molecule has 0 saturated heterocycles. The van der Waals surface area contributed by atoms with E-state index in [0.717, 1.165) is 42.9 Å². The van der Waals surface area contributed by atoms with Crippen LogP contribution in [0.5, 0.6) is 0 Å². The molecule has 3 aliphatic heterocycles. The Morgan fingerprint density at radius 3 is 2.28 bits per heavy atom. The van der Waals surface area contributed by atoms with E-state index in [1.807, 2.05) is 6.07 Å². The van der Waals surface area contributed by atoms with Crippen LogP contribution in [0.25, 0.3) is 5.57 Å². The fraction of sp³-hybridized carbons (Fsp3) is 0.205. The van der Waals surface area contributed by atoms with Gasteiger partial charge in [-0.05, 0) is 106 Å². The first-order valence-electron chi connectivity index (χ1n) is 16.5. The molecule has 1 N–H and O–H groups in total. The molecular weight excluding hydrogens is 685 g/mol. The van der Waals surface area contributed by atoms with Gasteiger partial charge >= 0.3 is 10.6 Å². The first-order chi connectivity index (χ1) is 23.8. The second kappa shape index (κ2) is 12.6. The third kappa shape index (κ3) is 5.83. The first-order valence-corrected chi connectivity index (χ1v) is 21.9. The van der Waals surface area contributed by atoms with Crippen molar-refractivity contribution in [2.75, 3.05) is 18.0 Å². The lowest BCUT2D eigenvalue weighted by Crippen LogP contribution is -2.49.